The van der Waals surface area contributed by atoms with Crippen LogP contribution in [-0.4, -0.2) is 35.7 Å². The van der Waals surface area contributed by atoms with Crippen LogP contribution in [0.3, 0.4) is 0 Å². The molecule has 0 aliphatic carbocycles. The molecule has 0 saturated heterocycles. The molecular formula is C16H23IN4OS. The summed E-state index contributed by atoms with van der Waals surface area (Å²) < 4.78 is 0. The van der Waals surface area contributed by atoms with Gasteiger partial charge in [-0.05, 0) is 42.5 Å². The van der Waals surface area contributed by atoms with Gasteiger partial charge in [-0.15, -0.1) is 35.3 Å². The maximum absolute atomic E-state index is 10.1. The lowest BCUT2D eigenvalue weighted by Gasteiger charge is -2.13. The lowest BCUT2D eigenvalue weighted by Crippen LogP contribution is -2.38. The van der Waals surface area contributed by atoms with Gasteiger partial charge in [0.2, 0.25) is 0 Å². The Hall–Kier alpha value is -1.19. The predicted octanol–water partition coefficient (Wildman–Crippen LogP) is 2.59. The van der Waals surface area contributed by atoms with Crippen molar-refractivity contribution in [2.75, 3.05) is 19.6 Å². The van der Waals surface area contributed by atoms with Crippen LogP contribution in [0.4, 0.5) is 0 Å². The molecule has 1 unspecified atom stereocenters. The molecule has 5 nitrogen and oxygen atoms in total. The standard InChI is InChI=1S/C16H22N4OS.HI/c1-2-18-16(19-10-7-14-4-3-11-22-14)20-12-15(21)13-5-8-17-9-6-13;/h3-6,8-9,11,15,21H,2,7,10,12H2,1H3,(H2,18,19,20);1H. The van der Waals surface area contributed by atoms with Crippen LogP contribution in [0.2, 0.25) is 0 Å². The Morgan fingerprint density at radius 2 is 2.09 bits per heavy atom. The number of hydrogen-bond donors (Lipinski definition) is 3. The highest BCUT2D eigenvalue weighted by molar-refractivity contribution is 14.0. The number of aliphatic hydroxyl groups is 1. The number of pyridine rings is 1. The number of guanidine groups is 1. The highest BCUT2D eigenvalue weighted by atomic mass is 127. The summed E-state index contributed by atoms with van der Waals surface area (Å²) in [5, 5.41) is 18.7. The number of thiophene rings is 1. The molecule has 0 amide bonds. The molecule has 1 atom stereocenters. The van der Waals surface area contributed by atoms with E-state index in [-0.39, 0.29) is 24.0 Å². The second-order valence-corrected chi connectivity index (χ2v) is 5.80. The number of aliphatic hydroxyl groups excluding tert-OH is 1. The third kappa shape index (κ3) is 7.28. The second-order valence-electron chi connectivity index (χ2n) is 4.77. The fraction of sp³-hybridized carbons (Fsp3) is 0.375. The Kier molecular flexibility index (Phi) is 9.81. The highest BCUT2D eigenvalue weighted by Crippen LogP contribution is 2.11. The van der Waals surface area contributed by atoms with Crippen LogP contribution >= 0.6 is 35.3 Å². The number of rotatable bonds is 7. The summed E-state index contributed by atoms with van der Waals surface area (Å²) in [7, 11) is 0. The Morgan fingerprint density at radius 3 is 2.74 bits per heavy atom. The van der Waals surface area contributed by atoms with E-state index in [1.807, 2.05) is 6.92 Å². The van der Waals surface area contributed by atoms with Crippen molar-refractivity contribution in [1.29, 1.82) is 0 Å². The molecule has 2 heterocycles. The van der Waals surface area contributed by atoms with Gasteiger partial charge in [0.15, 0.2) is 5.96 Å². The molecule has 2 rings (SSSR count). The Labute approximate surface area is 158 Å². The Bertz CT molecular complexity index is 563. The van der Waals surface area contributed by atoms with Gasteiger partial charge < -0.3 is 15.7 Å². The van der Waals surface area contributed by atoms with Crippen LogP contribution < -0.4 is 10.6 Å². The number of nitrogens with one attached hydrogen (secondary N) is 2. The maximum Gasteiger partial charge on any atom is 0.191 e. The molecule has 2 aromatic rings. The summed E-state index contributed by atoms with van der Waals surface area (Å²) >= 11 is 1.76. The van der Waals surface area contributed by atoms with E-state index in [0.29, 0.717) is 6.54 Å². The van der Waals surface area contributed by atoms with E-state index in [2.05, 4.69) is 38.1 Å². The molecule has 0 aliphatic rings. The minimum atomic E-state index is -0.615. The van der Waals surface area contributed by atoms with Crippen molar-refractivity contribution >= 4 is 41.3 Å². The van der Waals surface area contributed by atoms with E-state index in [9.17, 15) is 5.11 Å². The normalized spacial score (nSPS) is 12.3. The van der Waals surface area contributed by atoms with Crippen molar-refractivity contribution in [2.45, 2.75) is 19.4 Å². The zero-order valence-corrected chi connectivity index (χ0v) is 16.3. The van der Waals surface area contributed by atoms with E-state index in [4.69, 9.17) is 0 Å². The molecule has 3 N–H and O–H groups in total. The van der Waals surface area contributed by atoms with Crippen molar-refractivity contribution in [2.24, 2.45) is 4.99 Å². The molecule has 0 spiro atoms. The molecule has 0 saturated carbocycles. The van der Waals surface area contributed by atoms with Crippen LogP contribution in [0.5, 0.6) is 0 Å². The SMILES string of the molecule is CCNC(=NCC(O)c1ccncc1)NCCc1cccs1.I. The highest BCUT2D eigenvalue weighted by Gasteiger charge is 2.06. The molecule has 0 radical (unpaired) electrons. The molecule has 126 valence electrons. The molecule has 7 heteroatoms. The van der Waals surface area contributed by atoms with Gasteiger partial charge in [-0.1, -0.05) is 6.07 Å². The minimum Gasteiger partial charge on any atom is -0.386 e. The van der Waals surface area contributed by atoms with Gasteiger partial charge in [-0.2, -0.15) is 0 Å². The van der Waals surface area contributed by atoms with Crippen LogP contribution in [0.15, 0.2) is 47.0 Å². The molecule has 0 aromatic carbocycles. The number of hydrogen-bond acceptors (Lipinski definition) is 4. The van der Waals surface area contributed by atoms with Crippen LogP contribution in [0, 0.1) is 0 Å². The third-order valence-electron chi connectivity index (χ3n) is 3.10. The summed E-state index contributed by atoms with van der Waals surface area (Å²) in [5.41, 5.74) is 0.827. The second kappa shape index (κ2) is 11.4. The number of aliphatic imine (C=N–C) groups is 1. The summed E-state index contributed by atoms with van der Waals surface area (Å²) in [6.07, 6.45) is 3.70. The average Bonchev–Trinajstić information content (AvgIpc) is 3.06. The van der Waals surface area contributed by atoms with Crippen LogP contribution in [-0.2, 0) is 6.42 Å². The van der Waals surface area contributed by atoms with Gasteiger partial charge in [0.1, 0.15) is 0 Å². The van der Waals surface area contributed by atoms with Gasteiger partial charge in [0, 0.05) is 30.4 Å². The molecule has 0 bridgehead atoms. The first kappa shape index (κ1) is 19.9. The van der Waals surface area contributed by atoms with Gasteiger partial charge in [0.25, 0.3) is 0 Å². The molecule has 0 aliphatic heterocycles. The monoisotopic (exact) mass is 446 g/mol. The van der Waals surface area contributed by atoms with Crippen molar-refractivity contribution < 1.29 is 5.11 Å². The topological polar surface area (TPSA) is 69.5 Å². The van der Waals surface area contributed by atoms with E-state index in [1.165, 1.54) is 4.88 Å². The smallest absolute Gasteiger partial charge is 0.191 e. The first-order valence-corrected chi connectivity index (χ1v) is 8.30. The maximum atomic E-state index is 10.1. The summed E-state index contributed by atoms with van der Waals surface area (Å²) in [5.74, 6) is 0.729. The van der Waals surface area contributed by atoms with Gasteiger partial charge in [-0.3, -0.25) is 9.98 Å². The predicted molar refractivity (Wildman–Crippen MR) is 107 cm³/mol. The van der Waals surface area contributed by atoms with E-state index >= 15 is 0 Å². The van der Waals surface area contributed by atoms with Gasteiger partial charge in [-0.25, -0.2) is 0 Å². The Morgan fingerprint density at radius 1 is 1.30 bits per heavy atom. The molecule has 23 heavy (non-hydrogen) atoms. The number of aromatic nitrogens is 1. The van der Waals surface area contributed by atoms with E-state index < -0.39 is 6.10 Å². The van der Waals surface area contributed by atoms with Crippen molar-refractivity contribution in [3.8, 4) is 0 Å². The summed E-state index contributed by atoms with van der Waals surface area (Å²) in [6.45, 7) is 3.95. The van der Waals surface area contributed by atoms with Crippen LogP contribution in [0.25, 0.3) is 0 Å². The molecule has 2 aromatic heterocycles. The summed E-state index contributed by atoms with van der Waals surface area (Å²) in [4.78, 5) is 9.73. The van der Waals surface area contributed by atoms with Crippen LogP contribution in [0.1, 0.15) is 23.5 Å². The largest absolute Gasteiger partial charge is 0.386 e. The fourth-order valence-electron chi connectivity index (χ4n) is 1.97. The number of nitrogens with zero attached hydrogens (tertiary/aromatic N) is 2. The number of halogens is 1. The quantitative estimate of drug-likeness (QED) is 0.348. The van der Waals surface area contributed by atoms with E-state index in [0.717, 1.165) is 31.0 Å². The first-order valence-electron chi connectivity index (χ1n) is 7.42. The third-order valence-corrected chi connectivity index (χ3v) is 4.04. The summed E-state index contributed by atoms with van der Waals surface area (Å²) in [6, 6.07) is 7.79. The lowest BCUT2D eigenvalue weighted by molar-refractivity contribution is 0.187. The van der Waals surface area contributed by atoms with Gasteiger partial charge >= 0.3 is 0 Å². The molecule has 0 fully saturated rings. The average molecular weight is 446 g/mol. The zero-order chi connectivity index (χ0) is 15.6. The minimum absolute atomic E-state index is 0. The Balaban J connectivity index is 0.00000264. The zero-order valence-electron chi connectivity index (χ0n) is 13.1. The van der Waals surface area contributed by atoms with Crippen molar-refractivity contribution in [3.05, 3.63) is 52.5 Å². The van der Waals surface area contributed by atoms with Crippen molar-refractivity contribution in [3.63, 3.8) is 0 Å². The lowest BCUT2D eigenvalue weighted by atomic mass is 10.1. The van der Waals surface area contributed by atoms with E-state index in [1.54, 1.807) is 35.9 Å². The first-order chi connectivity index (χ1) is 10.8. The molecular weight excluding hydrogens is 423 g/mol. The van der Waals surface area contributed by atoms with Crippen molar-refractivity contribution in [1.82, 2.24) is 15.6 Å². The van der Waals surface area contributed by atoms with Gasteiger partial charge in [0.05, 0.1) is 12.6 Å². The fourth-order valence-corrected chi connectivity index (χ4v) is 2.68.